The Labute approximate surface area is 98.7 Å². The Morgan fingerprint density at radius 2 is 2.50 bits per heavy atom. The molecule has 1 amide bonds. The molecule has 0 bridgehead atoms. The molecule has 0 radical (unpaired) electrons. The third-order valence-corrected chi connectivity index (χ3v) is 3.65. The van der Waals surface area contributed by atoms with Gasteiger partial charge in [0.1, 0.15) is 5.01 Å². The predicted molar refractivity (Wildman–Crippen MR) is 63.5 cm³/mol. The summed E-state index contributed by atoms with van der Waals surface area (Å²) < 4.78 is 0. The van der Waals surface area contributed by atoms with Crippen LogP contribution in [0.15, 0.2) is 0 Å². The predicted octanol–water partition coefficient (Wildman–Crippen LogP) is 1.04. The number of nitrogens with zero attached hydrogens (tertiary/aromatic N) is 2. The summed E-state index contributed by atoms with van der Waals surface area (Å²) >= 11 is 1.45. The van der Waals surface area contributed by atoms with Gasteiger partial charge >= 0.3 is 0 Å². The lowest BCUT2D eigenvalue weighted by Gasteiger charge is -2.20. The van der Waals surface area contributed by atoms with Gasteiger partial charge in [-0.3, -0.25) is 4.79 Å². The molecule has 0 saturated carbocycles. The molecular weight excluding hydrogens is 224 g/mol. The van der Waals surface area contributed by atoms with Crippen molar-refractivity contribution < 1.29 is 4.79 Å². The lowest BCUT2D eigenvalue weighted by atomic mass is 9.99. The minimum atomic E-state index is 0.0611. The van der Waals surface area contributed by atoms with Gasteiger partial charge in [-0.25, -0.2) is 0 Å². The van der Waals surface area contributed by atoms with E-state index < -0.39 is 0 Å². The van der Waals surface area contributed by atoms with E-state index in [4.69, 9.17) is 0 Å². The first-order valence-corrected chi connectivity index (χ1v) is 6.45. The highest BCUT2D eigenvalue weighted by atomic mass is 32.1. The van der Waals surface area contributed by atoms with Gasteiger partial charge in [-0.15, -0.1) is 10.2 Å². The molecule has 6 heteroatoms. The molecule has 2 N–H and O–H groups in total. The van der Waals surface area contributed by atoms with Crippen molar-refractivity contribution in [1.29, 1.82) is 0 Å². The topological polar surface area (TPSA) is 66.9 Å². The van der Waals surface area contributed by atoms with Gasteiger partial charge in [0.15, 0.2) is 0 Å². The van der Waals surface area contributed by atoms with Gasteiger partial charge in [0.25, 0.3) is 0 Å². The molecule has 1 aliphatic rings. The summed E-state index contributed by atoms with van der Waals surface area (Å²) in [5.74, 6) is 0.133. The minimum absolute atomic E-state index is 0.0611. The maximum atomic E-state index is 11.9. The number of carbonyl (C=O) groups is 1. The molecule has 88 valence electrons. The van der Waals surface area contributed by atoms with Crippen molar-refractivity contribution in [2.24, 2.45) is 5.92 Å². The fourth-order valence-electron chi connectivity index (χ4n) is 1.73. The Morgan fingerprint density at radius 1 is 1.62 bits per heavy atom. The van der Waals surface area contributed by atoms with Gasteiger partial charge in [0.05, 0.1) is 5.92 Å². The second-order valence-electron chi connectivity index (χ2n) is 3.89. The second-order valence-corrected chi connectivity index (χ2v) is 4.95. The van der Waals surface area contributed by atoms with E-state index in [1.807, 2.05) is 6.92 Å². The highest BCUT2D eigenvalue weighted by Gasteiger charge is 2.21. The van der Waals surface area contributed by atoms with Crippen LogP contribution < -0.4 is 10.6 Å². The largest absolute Gasteiger partial charge is 0.316 e. The number of piperidine rings is 1. The normalized spacial score (nSPS) is 20.7. The lowest BCUT2D eigenvalue weighted by Crippen LogP contribution is -2.37. The van der Waals surface area contributed by atoms with Crippen LogP contribution in [0.3, 0.4) is 0 Å². The van der Waals surface area contributed by atoms with Crippen LogP contribution in [0.5, 0.6) is 0 Å². The van der Waals surface area contributed by atoms with E-state index in [-0.39, 0.29) is 11.8 Å². The first-order chi connectivity index (χ1) is 7.79. The summed E-state index contributed by atoms with van der Waals surface area (Å²) in [7, 11) is 0. The number of rotatable bonds is 3. The van der Waals surface area contributed by atoms with Crippen LogP contribution in [0.1, 0.15) is 24.8 Å². The number of hydrogen-bond acceptors (Lipinski definition) is 5. The van der Waals surface area contributed by atoms with Crippen LogP contribution >= 0.6 is 11.3 Å². The summed E-state index contributed by atoms with van der Waals surface area (Å²) in [6, 6.07) is 0. The van der Waals surface area contributed by atoms with Crippen LogP contribution in [0, 0.1) is 5.92 Å². The SMILES string of the molecule is CCc1nnc(NC(=O)[C@@H]2CCCNC2)s1. The first-order valence-electron chi connectivity index (χ1n) is 5.63. The zero-order valence-electron chi connectivity index (χ0n) is 9.32. The van der Waals surface area contributed by atoms with E-state index in [2.05, 4.69) is 20.8 Å². The molecule has 0 unspecified atom stereocenters. The Balaban J connectivity index is 1.90. The molecule has 1 aromatic rings. The molecule has 0 aliphatic carbocycles. The van der Waals surface area contributed by atoms with Crippen molar-refractivity contribution in [3.63, 3.8) is 0 Å². The molecule has 0 spiro atoms. The van der Waals surface area contributed by atoms with E-state index in [0.717, 1.165) is 37.4 Å². The zero-order valence-corrected chi connectivity index (χ0v) is 10.1. The number of nitrogens with one attached hydrogen (secondary N) is 2. The Bertz CT molecular complexity index is 359. The molecular formula is C10H16N4OS. The Kier molecular flexibility index (Phi) is 3.84. The van der Waals surface area contributed by atoms with Crippen molar-refractivity contribution in [3.8, 4) is 0 Å². The lowest BCUT2D eigenvalue weighted by molar-refractivity contribution is -0.120. The quantitative estimate of drug-likeness (QED) is 0.828. The van der Waals surface area contributed by atoms with E-state index >= 15 is 0 Å². The molecule has 0 aromatic carbocycles. The van der Waals surface area contributed by atoms with E-state index in [0.29, 0.717) is 5.13 Å². The van der Waals surface area contributed by atoms with Crippen LogP contribution in [0.2, 0.25) is 0 Å². The molecule has 2 heterocycles. The van der Waals surface area contributed by atoms with Crippen LogP contribution in [-0.2, 0) is 11.2 Å². The number of hydrogen-bond donors (Lipinski definition) is 2. The standard InChI is InChI=1S/C10H16N4OS/c1-2-8-13-14-10(16-8)12-9(15)7-4-3-5-11-6-7/h7,11H,2-6H2,1H3,(H,12,14,15)/t7-/m1/s1. The molecule has 2 rings (SSSR count). The summed E-state index contributed by atoms with van der Waals surface area (Å²) in [4.78, 5) is 11.9. The Hall–Kier alpha value is -1.01. The summed E-state index contributed by atoms with van der Waals surface area (Å²) in [5, 5.41) is 15.5. The molecule has 1 fully saturated rings. The fraction of sp³-hybridized carbons (Fsp3) is 0.700. The minimum Gasteiger partial charge on any atom is -0.316 e. The van der Waals surface area contributed by atoms with Gasteiger partial charge in [-0.1, -0.05) is 18.3 Å². The molecule has 5 nitrogen and oxygen atoms in total. The summed E-state index contributed by atoms with van der Waals surface area (Å²) in [6.07, 6.45) is 2.88. The molecule has 1 aliphatic heterocycles. The average molecular weight is 240 g/mol. The van der Waals surface area contributed by atoms with Gasteiger partial charge in [-0.2, -0.15) is 0 Å². The smallest absolute Gasteiger partial charge is 0.230 e. The second kappa shape index (κ2) is 5.36. The summed E-state index contributed by atoms with van der Waals surface area (Å²) in [6.45, 7) is 3.81. The maximum absolute atomic E-state index is 11.9. The number of carbonyl (C=O) groups excluding carboxylic acids is 1. The third kappa shape index (κ3) is 2.76. The number of amides is 1. The van der Waals surface area contributed by atoms with Crippen LogP contribution in [0.25, 0.3) is 0 Å². The molecule has 1 saturated heterocycles. The van der Waals surface area contributed by atoms with Crippen molar-refractivity contribution in [1.82, 2.24) is 15.5 Å². The van der Waals surface area contributed by atoms with E-state index in [9.17, 15) is 4.79 Å². The van der Waals surface area contributed by atoms with E-state index in [1.54, 1.807) is 0 Å². The van der Waals surface area contributed by atoms with E-state index in [1.165, 1.54) is 11.3 Å². The van der Waals surface area contributed by atoms with Gasteiger partial charge < -0.3 is 10.6 Å². The fourth-order valence-corrected chi connectivity index (χ4v) is 2.41. The number of aryl methyl sites for hydroxylation is 1. The van der Waals surface area contributed by atoms with Gasteiger partial charge in [0.2, 0.25) is 11.0 Å². The summed E-state index contributed by atoms with van der Waals surface area (Å²) in [5.41, 5.74) is 0. The van der Waals surface area contributed by atoms with Gasteiger partial charge in [-0.05, 0) is 25.8 Å². The highest BCUT2D eigenvalue weighted by Crippen LogP contribution is 2.18. The van der Waals surface area contributed by atoms with Crippen molar-refractivity contribution >= 4 is 22.4 Å². The Morgan fingerprint density at radius 3 is 3.12 bits per heavy atom. The number of aromatic nitrogens is 2. The van der Waals surface area contributed by atoms with Crippen molar-refractivity contribution in [2.45, 2.75) is 26.2 Å². The average Bonchev–Trinajstić information content (AvgIpc) is 2.78. The maximum Gasteiger partial charge on any atom is 0.230 e. The molecule has 1 aromatic heterocycles. The molecule has 16 heavy (non-hydrogen) atoms. The molecule has 1 atom stereocenters. The highest BCUT2D eigenvalue weighted by molar-refractivity contribution is 7.15. The van der Waals surface area contributed by atoms with Crippen LogP contribution in [-0.4, -0.2) is 29.2 Å². The van der Waals surface area contributed by atoms with Crippen molar-refractivity contribution in [2.75, 3.05) is 18.4 Å². The van der Waals surface area contributed by atoms with Crippen molar-refractivity contribution in [3.05, 3.63) is 5.01 Å². The van der Waals surface area contributed by atoms with Gasteiger partial charge in [0, 0.05) is 6.54 Å². The monoisotopic (exact) mass is 240 g/mol. The first kappa shape index (κ1) is 11.5. The third-order valence-electron chi connectivity index (χ3n) is 2.67. The van der Waals surface area contributed by atoms with Crippen LogP contribution in [0.4, 0.5) is 5.13 Å². The number of anilines is 1. The zero-order chi connectivity index (χ0) is 11.4.